The molecule has 0 atom stereocenters. The highest BCUT2D eigenvalue weighted by atomic mass is 16.5. The van der Waals surface area contributed by atoms with Crippen molar-refractivity contribution in [3.05, 3.63) is 59.8 Å². The second-order valence-electron chi connectivity index (χ2n) is 5.73. The third kappa shape index (κ3) is 4.29. The van der Waals surface area contributed by atoms with Crippen LogP contribution >= 0.6 is 0 Å². The fourth-order valence-electron chi connectivity index (χ4n) is 2.54. The molecule has 0 saturated heterocycles. The summed E-state index contributed by atoms with van der Waals surface area (Å²) in [7, 11) is 1.46. The van der Waals surface area contributed by atoms with Gasteiger partial charge in [0.15, 0.2) is 11.5 Å². The number of methoxy groups -OCH3 is 1. The van der Waals surface area contributed by atoms with Crippen molar-refractivity contribution in [2.75, 3.05) is 13.7 Å². The highest BCUT2D eigenvalue weighted by molar-refractivity contribution is 5.94. The SMILES string of the molecule is CCOc1ccccc1-c1cc(C(=O)N/N=C\c2ccc(O)c(OC)c2)[nH]n1. The predicted molar refractivity (Wildman–Crippen MR) is 105 cm³/mol. The number of aromatic amines is 1. The largest absolute Gasteiger partial charge is 0.504 e. The molecular formula is C20H20N4O4. The Morgan fingerprint density at radius 3 is 2.86 bits per heavy atom. The van der Waals surface area contributed by atoms with Crippen LogP contribution in [0.3, 0.4) is 0 Å². The maximum absolute atomic E-state index is 12.3. The van der Waals surface area contributed by atoms with E-state index in [1.54, 1.807) is 18.2 Å². The quantitative estimate of drug-likeness (QED) is 0.431. The number of phenols is 1. The second kappa shape index (κ2) is 8.72. The highest BCUT2D eigenvalue weighted by Crippen LogP contribution is 2.28. The molecule has 0 saturated carbocycles. The molecular weight excluding hydrogens is 360 g/mol. The maximum atomic E-state index is 12.3. The standard InChI is InChI=1S/C20H20N4O4/c1-3-28-18-7-5-4-6-14(18)15-11-16(23-22-15)20(26)24-21-12-13-8-9-17(25)19(10-13)27-2/h4-12,25H,3H2,1-2H3,(H,22,23)(H,24,26)/b21-12-. The number of amides is 1. The maximum Gasteiger partial charge on any atom is 0.289 e. The Labute approximate surface area is 161 Å². The number of H-pyrrole nitrogens is 1. The number of nitrogens with zero attached hydrogens (tertiary/aromatic N) is 2. The van der Waals surface area contributed by atoms with E-state index in [0.29, 0.717) is 29.4 Å². The number of carbonyl (C=O) groups excluding carboxylic acids is 1. The lowest BCUT2D eigenvalue weighted by molar-refractivity contribution is 0.0950. The van der Waals surface area contributed by atoms with Gasteiger partial charge in [-0.15, -0.1) is 0 Å². The highest BCUT2D eigenvalue weighted by Gasteiger charge is 2.13. The van der Waals surface area contributed by atoms with Gasteiger partial charge in [-0.05, 0) is 48.9 Å². The van der Waals surface area contributed by atoms with Gasteiger partial charge in [-0.25, -0.2) is 5.43 Å². The van der Waals surface area contributed by atoms with Crippen molar-refractivity contribution in [1.82, 2.24) is 15.6 Å². The normalized spacial score (nSPS) is 10.8. The summed E-state index contributed by atoms with van der Waals surface area (Å²) in [6, 6.07) is 13.8. The fraction of sp³-hybridized carbons (Fsp3) is 0.150. The van der Waals surface area contributed by atoms with E-state index >= 15 is 0 Å². The molecule has 3 aromatic rings. The summed E-state index contributed by atoms with van der Waals surface area (Å²) in [5, 5.41) is 20.4. The summed E-state index contributed by atoms with van der Waals surface area (Å²) in [6.45, 7) is 2.44. The summed E-state index contributed by atoms with van der Waals surface area (Å²) in [5.74, 6) is 0.611. The van der Waals surface area contributed by atoms with Crippen LogP contribution in [-0.2, 0) is 0 Å². The molecule has 0 spiro atoms. The number of hydrogen-bond donors (Lipinski definition) is 3. The van der Waals surface area contributed by atoms with Crippen LogP contribution in [0.25, 0.3) is 11.3 Å². The zero-order valence-corrected chi connectivity index (χ0v) is 15.5. The van der Waals surface area contributed by atoms with Crippen molar-refractivity contribution < 1.29 is 19.4 Å². The zero-order chi connectivity index (χ0) is 19.9. The van der Waals surface area contributed by atoms with Crippen LogP contribution in [0.15, 0.2) is 53.6 Å². The molecule has 0 aliphatic carbocycles. The summed E-state index contributed by atoms with van der Waals surface area (Å²) in [6.07, 6.45) is 1.45. The van der Waals surface area contributed by atoms with Crippen LogP contribution in [-0.4, -0.2) is 41.1 Å². The third-order valence-electron chi connectivity index (χ3n) is 3.87. The van der Waals surface area contributed by atoms with E-state index in [-0.39, 0.29) is 11.4 Å². The van der Waals surface area contributed by atoms with Crippen LogP contribution in [0.2, 0.25) is 0 Å². The van der Waals surface area contributed by atoms with Gasteiger partial charge in [0.05, 0.1) is 25.6 Å². The molecule has 0 unspecified atom stereocenters. The summed E-state index contributed by atoms with van der Waals surface area (Å²) >= 11 is 0. The first-order chi connectivity index (χ1) is 13.6. The molecule has 0 radical (unpaired) electrons. The van der Waals surface area contributed by atoms with Crippen molar-refractivity contribution in [1.29, 1.82) is 0 Å². The van der Waals surface area contributed by atoms with Gasteiger partial charge >= 0.3 is 0 Å². The number of benzene rings is 2. The first kappa shape index (κ1) is 19.0. The number of nitrogens with one attached hydrogen (secondary N) is 2. The Kier molecular flexibility index (Phi) is 5.91. The monoisotopic (exact) mass is 380 g/mol. The van der Waals surface area contributed by atoms with E-state index in [1.165, 1.54) is 19.4 Å². The van der Waals surface area contributed by atoms with E-state index in [1.807, 2.05) is 31.2 Å². The van der Waals surface area contributed by atoms with E-state index in [4.69, 9.17) is 9.47 Å². The smallest absolute Gasteiger partial charge is 0.289 e. The van der Waals surface area contributed by atoms with E-state index in [0.717, 1.165) is 5.56 Å². The Balaban J connectivity index is 1.69. The van der Waals surface area contributed by atoms with Crippen LogP contribution in [0.1, 0.15) is 23.0 Å². The minimum Gasteiger partial charge on any atom is -0.504 e. The number of aromatic nitrogens is 2. The third-order valence-corrected chi connectivity index (χ3v) is 3.87. The molecule has 1 aromatic heterocycles. The van der Waals surface area contributed by atoms with Gasteiger partial charge in [-0.2, -0.15) is 10.2 Å². The minimum atomic E-state index is -0.436. The van der Waals surface area contributed by atoms with Gasteiger partial charge in [0.2, 0.25) is 0 Å². The van der Waals surface area contributed by atoms with Gasteiger partial charge < -0.3 is 14.6 Å². The van der Waals surface area contributed by atoms with Crippen molar-refractivity contribution in [2.24, 2.45) is 5.10 Å². The van der Waals surface area contributed by atoms with E-state index in [9.17, 15) is 9.90 Å². The lowest BCUT2D eigenvalue weighted by atomic mass is 10.1. The molecule has 3 rings (SSSR count). The van der Waals surface area contributed by atoms with Crippen molar-refractivity contribution in [3.63, 3.8) is 0 Å². The number of hydrazone groups is 1. The number of hydrogen-bond acceptors (Lipinski definition) is 6. The first-order valence-corrected chi connectivity index (χ1v) is 8.60. The first-order valence-electron chi connectivity index (χ1n) is 8.60. The van der Waals surface area contributed by atoms with Gasteiger partial charge in [0, 0.05) is 5.56 Å². The molecule has 8 nitrogen and oxygen atoms in total. The van der Waals surface area contributed by atoms with E-state index in [2.05, 4.69) is 20.7 Å². The molecule has 8 heteroatoms. The molecule has 0 aliphatic rings. The fourth-order valence-corrected chi connectivity index (χ4v) is 2.54. The topological polar surface area (TPSA) is 109 Å². The average molecular weight is 380 g/mol. The summed E-state index contributed by atoms with van der Waals surface area (Å²) in [4.78, 5) is 12.3. The van der Waals surface area contributed by atoms with Gasteiger partial charge in [0.25, 0.3) is 5.91 Å². The second-order valence-corrected chi connectivity index (χ2v) is 5.73. The molecule has 0 bridgehead atoms. The van der Waals surface area contributed by atoms with E-state index < -0.39 is 5.91 Å². The van der Waals surface area contributed by atoms with Crippen LogP contribution in [0.5, 0.6) is 17.2 Å². The lowest BCUT2D eigenvalue weighted by Crippen LogP contribution is -2.18. The Morgan fingerprint density at radius 2 is 2.07 bits per heavy atom. The number of rotatable bonds is 7. The number of ether oxygens (including phenoxy) is 2. The molecule has 144 valence electrons. The van der Waals surface area contributed by atoms with Crippen molar-refractivity contribution in [2.45, 2.75) is 6.92 Å². The Hall–Kier alpha value is -3.81. The number of aromatic hydroxyl groups is 1. The molecule has 2 aromatic carbocycles. The summed E-state index contributed by atoms with van der Waals surface area (Å²) in [5.41, 5.74) is 4.74. The van der Waals surface area contributed by atoms with Crippen molar-refractivity contribution >= 4 is 12.1 Å². The molecule has 3 N–H and O–H groups in total. The number of carbonyl (C=O) groups is 1. The summed E-state index contributed by atoms with van der Waals surface area (Å²) < 4.78 is 10.6. The number of para-hydroxylation sites is 1. The van der Waals surface area contributed by atoms with Crippen LogP contribution < -0.4 is 14.9 Å². The van der Waals surface area contributed by atoms with Gasteiger partial charge in [-0.3, -0.25) is 9.89 Å². The molecule has 0 fully saturated rings. The minimum absolute atomic E-state index is 0.0287. The lowest BCUT2D eigenvalue weighted by Gasteiger charge is -2.07. The Morgan fingerprint density at radius 1 is 1.25 bits per heavy atom. The molecule has 0 aliphatic heterocycles. The van der Waals surface area contributed by atoms with Gasteiger partial charge in [-0.1, -0.05) is 12.1 Å². The zero-order valence-electron chi connectivity index (χ0n) is 15.5. The average Bonchev–Trinajstić information content (AvgIpc) is 3.20. The molecule has 1 heterocycles. The Bertz CT molecular complexity index is 997. The van der Waals surface area contributed by atoms with Crippen LogP contribution in [0.4, 0.5) is 0 Å². The van der Waals surface area contributed by atoms with Gasteiger partial charge in [0.1, 0.15) is 11.4 Å². The molecule has 28 heavy (non-hydrogen) atoms. The van der Waals surface area contributed by atoms with Crippen LogP contribution in [0, 0.1) is 0 Å². The van der Waals surface area contributed by atoms with Crippen molar-refractivity contribution in [3.8, 4) is 28.5 Å². The predicted octanol–water partition coefficient (Wildman–Crippen LogP) is 2.95. The number of phenolic OH excluding ortho intramolecular Hbond substituents is 1. The molecule has 1 amide bonds.